The molecule has 0 aliphatic rings. The molecule has 0 radical (unpaired) electrons. The van der Waals surface area contributed by atoms with Gasteiger partial charge in [-0.15, -0.1) is 24.0 Å². The van der Waals surface area contributed by atoms with Crippen LogP contribution in [0.4, 0.5) is 5.69 Å². The second-order valence-electron chi connectivity index (χ2n) is 4.79. The zero-order valence-corrected chi connectivity index (χ0v) is 14.7. The van der Waals surface area contributed by atoms with Crippen LogP contribution in [0.25, 0.3) is 5.57 Å². The monoisotopic (exact) mass is 353 g/mol. The highest BCUT2D eigenvalue weighted by Gasteiger charge is 2.05. The second-order valence-corrected chi connectivity index (χ2v) is 6.26. The number of anilines is 1. The topological polar surface area (TPSA) is 61.9 Å². The Bertz CT molecular complexity index is 767. The number of hydrogen-bond acceptors (Lipinski definition) is 4. The Labute approximate surface area is 151 Å². The number of nitrogens with two attached hydrogens (primary N) is 1. The number of thiophene rings is 1. The van der Waals surface area contributed by atoms with Crippen molar-refractivity contribution in [2.24, 2.45) is 5.73 Å². The van der Waals surface area contributed by atoms with E-state index in [0.717, 1.165) is 15.5 Å². The quantitative estimate of drug-likeness (QED) is 0.299. The number of para-hydroxylation sites is 1. The van der Waals surface area contributed by atoms with Crippen LogP contribution in [0.3, 0.4) is 0 Å². The molecule has 0 bridgehead atoms. The molecule has 4 N–H and O–H groups in total. The van der Waals surface area contributed by atoms with Crippen LogP contribution in [-0.2, 0) is 0 Å². The van der Waals surface area contributed by atoms with Crippen molar-refractivity contribution in [1.29, 1.82) is 5.41 Å². The summed E-state index contributed by atoms with van der Waals surface area (Å²) in [5.41, 5.74) is 7.26. The van der Waals surface area contributed by atoms with Gasteiger partial charge in [-0.1, -0.05) is 42.5 Å². The lowest BCUT2D eigenvalue weighted by Gasteiger charge is -2.05. The normalized spacial score (nSPS) is 10.5. The van der Waals surface area contributed by atoms with E-state index in [9.17, 15) is 0 Å². The standard InChI is InChI=1S/C13H13N3S.C6H6S/c14-13(15)11(12-7-4-8-17-12)9-16-10-5-2-1-3-6-10;7-6-4-2-1-3-5-6/h1-9,16H,(H3,14,15);1-5,7H/b11-9-;. The molecule has 0 aliphatic carbocycles. The number of thiol groups is 1. The molecule has 0 atom stereocenters. The Morgan fingerprint density at radius 3 is 2.04 bits per heavy atom. The average Bonchev–Trinajstić information content (AvgIpc) is 3.11. The van der Waals surface area contributed by atoms with E-state index in [4.69, 9.17) is 11.1 Å². The summed E-state index contributed by atoms with van der Waals surface area (Å²) in [6.45, 7) is 0. The van der Waals surface area contributed by atoms with E-state index < -0.39 is 0 Å². The van der Waals surface area contributed by atoms with Crippen molar-refractivity contribution < 1.29 is 0 Å². The third-order valence-electron chi connectivity index (χ3n) is 2.99. The fraction of sp³-hybridized carbons (Fsp3) is 0. The van der Waals surface area contributed by atoms with Crippen LogP contribution in [0.5, 0.6) is 0 Å². The Balaban J connectivity index is 0.000000249. The van der Waals surface area contributed by atoms with Crippen LogP contribution >= 0.6 is 24.0 Å². The van der Waals surface area contributed by atoms with Crippen molar-refractivity contribution >= 4 is 41.1 Å². The van der Waals surface area contributed by atoms with E-state index in [1.807, 2.05) is 78.2 Å². The molecule has 0 saturated carbocycles. The maximum Gasteiger partial charge on any atom is 0.125 e. The van der Waals surface area contributed by atoms with Gasteiger partial charge in [-0.05, 0) is 35.7 Å². The molecule has 0 fully saturated rings. The van der Waals surface area contributed by atoms with E-state index in [1.165, 1.54) is 0 Å². The number of rotatable bonds is 4. The van der Waals surface area contributed by atoms with Gasteiger partial charge in [0.1, 0.15) is 5.84 Å². The number of hydrogen-bond donors (Lipinski definition) is 4. The first kappa shape index (κ1) is 17.8. The molecule has 0 amide bonds. The number of amidine groups is 1. The van der Waals surface area contributed by atoms with Crippen molar-refractivity contribution in [2.75, 3.05) is 5.32 Å². The minimum Gasteiger partial charge on any atom is -0.384 e. The van der Waals surface area contributed by atoms with Crippen LogP contribution in [0.15, 0.2) is 89.3 Å². The summed E-state index contributed by atoms with van der Waals surface area (Å²) in [6, 6.07) is 23.5. The van der Waals surface area contributed by atoms with Gasteiger partial charge in [-0.3, -0.25) is 5.41 Å². The zero-order chi connectivity index (χ0) is 17.2. The van der Waals surface area contributed by atoms with Gasteiger partial charge in [0.05, 0.1) is 0 Å². The molecule has 1 aromatic heterocycles. The average molecular weight is 354 g/mol. The van der Waals surface area contributed by atoms with E-state index in [1.54, 1.807) is 17.5 Å². The first-order valence-electron chi connectivity index (χ1n) is 7.31. The van der Waals surface area contributed by atoms with Crippen molar-refractivity contribution in [3.8, 4) is 0 Å². The Hall–Kier alpha value is -2.50. The van der Waals surface area contributed by atoms with Gasteiger partial charge in [-0.25, -0.2) is 0 Å². The van der Waals surface area contributed by atoms with Gasteiger partial charge >= 0.3 is 0 Å². The Morgan fingerprint density at radius 2 is 1.58 bits per heavy atom. The first-order chi connectivity index (χ1) is 11.7. The minimum atomic E-state index is 0.0656. The molecule has 0 saturated heterocycles. The maximum absolute atomic E-state index is 7.57. The SMILES string of the molecule is N=C(N)/C(=C\Nc1ccccc1)c1cccs1.Sc1ccccc1. The maximum atomic E-state index is 7.57. The van der Waals surface area contributed by atoms with Gasteiger partial charge < -0.3 is 11.1 Å². The molecule has 0 spiro atoms. The summed E-state index contributed by atoms with van der Waals surface area (Å²) < 4.78 is 0. The first-order valence-corrected chi connectivity index (χ1v) is 8.63. The lowest BCUT2D eigenvalue weighted by Crippen LogP contribution is -2.12. The minimum absolute atomic E-state index is 0.0656. The van der Waals surface area contributed by atoms with E-state index in [0.29, 0.717) is 5.57 Å². The number of benzene rings is 2. The zero-order valence-electron chi connectivity index (χ0n) is 13.0. The molecular formula is C19H19N3S2. The summed E-state index contributed by atoms with van der Waals surface area (Å²) in [4.78, 5) is 2.00. The molecule has 3 nitrogen and oxygen atoms in total. The van der Waals surface area contributed by atoms with Crippen LogP contribution in [-0.4, -0.2) is 5.84 Å². The Kier molecular flexibility index (Phi) is 7.14. The highest BCUT2D eigenvalue weighted by Crippen LogP contribution is 2.20. The van der Waals surface area contributed by atoms with Gasteiger partial charge in [0, 0.05) is 27.2 Å². The fourth-order valence-corrected chi connectivity index (χ4v) is 2.76. The van der Waals surface area contributed by atoms with Crippen molar-refractivity contribution in [2.45, 2.75) is 4.90 Å². The lowest BCUT2D eigenvalue weighted by atomic mass is 10.2. The molecule has 3 rings (SSSR count). The summed E-state index contributed by atoms with van der Waals surface area (Å²) >= 11 is 5.65. The molecule has 1 heterocycles. The smallest absolute Gasteiger partial charge is 0.125 e. The molecule has 122 valence electrons. The molecule has 5 heteroatoms. The predicted molar refractivity (Wildman–Crippen MR) is 108 cm³/mol. The number of nitrogens with one attached hydrogen (secondary N) is 2. The van der Waals surface area contributed by atoms with Crippen molar-refractivity contribution in [3.05, 3.63) is 89.3 Å². The second kappa shape index (κ2) is 9.60. The van der Waals surface area contributed by atoms with Crippen LogP contribution in [0.1, 0.15) is 4.88 Å². The molecule has 24 heavy (non-hydrogen) atoms. The van der Waals surface area contributed by atoms with Gasteiger partial charge in [-0.2, -0.15) is 0 Å². The van der Waals surface area contributed by atoms with Crippen LogP contribution in [0, 0.1) is 5.41 Å². The van der Waals surface area contributed by atoms with Crippen molar-refractivity contribution in [3.63, 3.8) is 0 Å². The molecule has 3 aromatic rings. The summed E-state index contributed by atoms with van der Waals surface area (Å²) in [6.07, 6.45) is 1.77. The van der Waals surface area contributed by atoms with E-state index in [2.05, 4.69) is 17.9 Å². The molecule has 2 aromatic carbocycles. The van der Waals surface area contributed by atoms with Gasteiger partial charge in [0.25, 0.3) is 0 Å². The summed E-state index contributed by atoms with van der Waals surface area (Å²) in [7, 11) is 0. The van der Waals surface area contributed by atoms with Crippen molar-refractivity contribution in [1.82, 2.24) is 0 Å². The Morgan fingerprint density at radius 1 is 0.958 bits per heavy atom. The van der Waals surface area contributed by atoms with E-state index in [-0.39, 0.29) is 5.84 Å². The van der Waals surface area contributed by atoms with E-state index >= 15 is 0 Å². The van der Waals surface area contributed by atoms with Gasteiger partial charge in [0.15, 0.2) is 0 Å². The molecule has 0 unspecified atom stereocenters. The molecular weight excluding hydrogens is 334 g/mol. The summed E-state index contributed by atoms with van der Waals surface area (Å²) in [5, 5.41) is 12.7. The third kappa shape index (κ3) is 5.95. The van der Waals surface area contributed by atoms with Gasteiger partial charge in [0.2, 0.25) is 0 Å². The van der Waals surface area contributed by atoms with Crippen LogP contribution < -0.4 is 11.1 Å². The van der Waals surface area contributed by atoms with Crippen LogP contribution in [0.2, 0.25) is 0 Å². The predicted octanol–water partition coefficient (Wildman–Crippen LogP) is 5.11. The third-order valence-corrected chi connectivity index (χ3v) is 4.19. The highest BCUT2D eigenvalue weighted by molar-refractivity contribution is 7.80. The summed E-state index contributed by atoms with van der Waals surface area (Å²) in [5.74, 6) is 0.0656. The highest BCUT2D eigenvalue weighted by atomic mass is 32.1. The lowest BCUT2D eigenvalue weighted by molar-refractivity contribution is 1.46. The molecule has 0 aliphatic heterocycles. The largest absolute Gasteiger partial charge is 0.384 e. The fourth-order valence-electron chi connectivity index (χ4n) is 1.83.